The Morgan fingerprint density at radius 2 is 2.06 bits per heavy atom. The lowest BCUT2D eigenvalue weighted by Crippen LogP contribution is -2.49. The molecule has 2 nitrogen and oxygen atoms in total. The molecule has 0 bridgehead atoms. The van der Waals surface area contributed by atoms with E-state index in [-0.39, 0.29) is 0 Å². The number of nitrogens with one attached hydrogen (secondary N) is 1. The predicted octanol–water partition coefficient (Wildman–Crippen LogP) is 2.76. The highest BCUT2D eigenvalue weighted by atomic mass is 32.1. The zero-order valence-electron chi connectivity index (χ0n) is 9.59. The molecule has 0 amide bonds. The van der Waals surface area contributed by atoms with Gasteiger partial charge < -0.3 is 5.32 Å². The Labute approximate surface area is 100 Å². The molecule has 2 fully saturated rings. The summed E-state index contributed by atoms with van der Waals surface area (Å²) in [5.41, 5.74) is 1.72. The maximum atomic E-state index is 4.92. The van der Waals surface area contributed by atoms with Crippen molar-refractivity contribution in [3.63, 3.8) is 0 Å². The van der Waals surface area contributed by atoms with Crippen molar-refractivity contribution in [2.75, 3.05) is 0 Å². The summed E-state index contributed by atoms with van der Waals surface area (Å²) in [6, 6.07) is 0.805. The Bertz CT molecular complexity index is 394. The van der Waals surface area contributed by atoms with E-state index in [9.17, 15) is 0 Å². The smallest absolute Gasteiger partial charge is 0.113 e. The molecule has 1 heterocycles. The fourth-order valence-electron chi connectivity index (χ4n) is 2.96. The Kier molecular flexibility index (Phi) is 1.98. The topological polar surface area (TPSA) is 24.9 Å². The largest absolute Gasteiger partial charge is 0.303 e. The number of rotatable bonds is 3. The number of hydrogen-bond acceptors (Lipinski definition) is 3. The highest BCUT2D eigenvalue weighted by Gasteiger charge is 2.45. The van der Waals surface area contributed by atoms with Gasteiger partial charge in [0.05, 0.1) is 11.2 Å². The summed E-state index contributed by atoms with van der Waals surface area (Å²) >= 11 is 2.00. The first-order valence-electron chi connectivity index (χ1n) is 6.62. The molecule has 4 rings (SSSR count). The predicted molar refractivity (Wildman–Crippen MR) is 65.8 cm³/mol. The fourth-order valence-corrected chi connectivity index (χ4v) is 4.32. The molecule has 2 saturated carbocycles. The van der Waals surface area contributed by atoms with Crippen LogP contribution in [-0.4, -0.2) is 11.0 Å². The second kappa shape index (κ2) is 3.30. The molecule has 0 saturated heterocycles. The average Bonchev–Trinajstić information content (AvgIpc) is 2.75. The van der Waals surface area contributed by atoms with Crippen molar-refractivity contribution in [1.82, 2.24) is 10.3 Å². The van der Waals surface area contributed by atoms with E-state index in [0.717, 1.165) is 6.04 Å². The minimum atomic E-state index is 0.302. The van der Waals surface area contributed by atoms with E-state index in [1.165, 1.54) is 62.1 Å². The van der Waals surface area contributed by atoms with E-state index in [2.05, 4.69) is 5.32 Å². The first-order chi connectivity index (χ1) is 7.86. The van der Waals surface area contributed by atoms with Gasteiger partial charge in [-0.25, -0.2) is 4.98 Å². The molecule has 0 unspecified atom stereocenters. The Balaban J connectivity index is 1.65. The standard InChI is InChI=1S/C13H18N2S/c1-3-10-11(4-1)16-12(14-10)13(7-2-8-13)15-9-5-6-9/h9,15H,1-8H2. The van der Waals surface area contributed by atoms with Gasteiger partial charge in [-0.1, -0.05) is 0 Å². The van der Waals surface area contributed by atoms with E-state index in [1.54, 1.807) is 4.88 Å². The maximum absolute atomic E-state index is 4.92. The highest BCUT2D eigenvalue weighted by molar-refractivity contribution is 7.12. The number of hydrogen-bond donors (Lipinski definition) is 1. The minimum Gasteiger partial charge on any atom is -0.303 e. The number of fused-ring (bicyclic) bond motifs is 1. The van der Waals surface area contributed by atoms with Gasteiger partial charge in [0.25, 0.3) is 0 Å². The van der Waals surface area contributed by atoms with Crippen LogP contribution in [0.2, 0.25) is 0 Å². The molecule has 3 aliphatic carbocycles. The minimum absolute atomic E-state index is 0.302. The number of thiazole rings is 1. The summed E-state index contributed by atoms with van der Waals surface area (Å²) in [6.45, 7) is 0. The third-order valence-electron chi connectivity index (χ3n) is 4.27. The zero-order chi connectivity index (χ0) is 10.6. The molecule has 86 valence electrons. The van der Waals surface area contributed by atoms with Crippen LogP contribution < -0.4 is 5.32 Å². The van der Waals surface area contributed by atoms with Crippen molar-refractivity contribution < 1.29 is 0 Å². The normalized spacial score (nSPS) is 26.5. The summed E-state index contributed by atoms with van der Waals surface area (Å²) in [7, 11) is 0. The molecule has 0 aliphatic heterocycles. The Hall–Kier alpha value is -0.410. The van der Waals surface area contributed by atoms with E-state index >= 15 is 0 Å². The van der Waals surface area contributed by atoms with Gasteiger partial charge in [-0.15, -0.1) is 11.3 Å². The Morgan fingerprint density at radius 1 is 1.19 bits per heavy atom. The molecule has 0 spiro atoms. The average molecular weight is 234 g/mol. The second-order valence-corrected chi connectivity index (χ2v) is 6.68. The summed E-state index contributed by atoms with van der Waals surface area (Å²) < 4.78 is 0. The molecule has 1 aromatic rings. The number of aromatic nitrogens is 1. The molecular formula is C13H18N2S. The van der Waals surface area contributed by atoms with Crippen LogP contribution in [-0.2, 0) is 18.4 Å². The molecule has 1 aromatic heterocycles. The third-order valence-corrected chi connectivity index (χ3v) is 5.63. The van der Waals surface area contributed by atoms with Crippen LogP contribution in [0.5, 0.6) is 0 Å². The summed E-state index contributed by atoms with van der Waals surface area (Å²) in [5.74, 6) is 0. The number of nitrogens with zero attached hydrogens (tertiary/aromatic N) is 1. The molecule has 0 radical (unpaired) electrons. The molecule has 0 aromatic carbocycles. The summed E-state index contributed by atoms with van der Waals surface area (Å²) in [5, 5.41) is 5.27. The lowest BCUT2D eigenvalue weighted by atomic mass is 9.77. The third kappa shape index (κ3) is 1.37. The quantitative estimate of drug-likeness (QED) is 0.870. The van der Waals surface area contributed by atoms with Crippen LogP contribution in [0.3, 0.4) is 0 Å². The first-order valence-corrected chi connectivity index (χ1v) is 7.44. The van der Waals surface area contributed by atoms with Gasteiger partial charge in [0.1, 0.15) is 5.01 Å². The van der Waals surface area contributed by atoms with Crippen LogP contribution in [0.1, 0.15) is 54.1 Å². The van der Waals surface area contributed by atoms with Crippen molar-refractivity contribution in [2.45, 2.75) is 62.9 Å². The summed E-state index contributed by atoms with van der Waals surface area (Å²) in [6.07, 6.45) is 10.6. The first kappa shape index (κ1) is 9.60. The van der Waals surface area contributed by atoms with Crippen molar-refractivity contribution in [3.05, 3.63) is 15.6 Å². The van der Waals surface area contributed by atoms with E-state index in [0.29, 0.717) is 5.54 Å². The fraction of sp³-hybridized carbons (Fsp3) is 0.769. The van der Waals surface area contributed by atoms with Crippen molar-refractivity contribution in [3.8, 4) is 0 Å². The lowest BCUT2D eigenvalue weighted by molar-refractivity contribution is 0.182. The van der Waals surface area contributed by atoms with Gasteiger partial charge in [0.15, 0.2) is 0 Å². The van der Waals surface area contributed by atoms with Gasteiger partial charge in [0, 0.05) is 10.9 Å². The van der Waals surface area contributed by atoms with Gasteiger partial charge in [-0.2, -0.15) is 0 Å². The second-order valence-electron chi connectivity index (χ2n) is 5.60. The van der Waals surface area contributed by atoms with E-state index < -0.39 is 0 Å². The van der Waals surface area contributed by atoms with Crippen LogP contribution in [0, 0.1) is 0 Å². The monoisotopic (exact) mass is 234 g/mol. The SMILES string of the molecule is C1Cc2nc(C3(NC4CC4)CCC3)sc2C1. The van der Waals surface area contributed by atoms with Crippen molar-refractivity contribution >= 4 is 11.3 Å². The van der Waals surface area contributed by atoms with E-state index in [1.807, 2.05) is 11.3 Å². The van der Waals surface area contributed by atoms with Crippen molar-refractivity contribution in [1.29, 1.82) is 0 Å². The molecule has 1 N–H and O–H groups in total. The van der Waals surface area contributed by atoms with Crippen LogP contribution in [0.4, 0.5) is 0 Å². The van der Waals surface area contributed by atoms with Crippen molar-refractivity contribution in [2.24, 2.45) is 0 Å². The van der Waals surface area contributed by atoms with Crippen LogP contribution in [0.25, 0.3) is 0 Å². The number of aryl methyl sites for hydroxylation is 2. The summed E-state index contributed by atoms with van der Waals surface area (Å²) in [4.78, 5) is 6.50. The molecule has 3 heteroatoms. The molecule has 16 heavy (non-hydrogen) atoms. The Morgan fingerprint density at radius 3 is 2.69 bits per heavy atom. The lowest BCUT2D eigenvalue weighted by Gasteiger charge is -2.41. The van der Waals surface area contributed by atoms with Gasteiger partial charge in [0.2, 0.25) is 0 Å². The van der Waals surface area contributed by atoms with Crippen LogP contribution in [0.15, 0.2) is 0 Å². The molecule has 0 atom stereocenters. The van der Waals surface area contributed by atoms with Gasteiger partial charge in [-0.3, -0.25) is 0 Å². The molecule has 3 aliphatic rings. The zero-order valence-corrected chi connectivity index (χ0v) is 10.4. The van der Waals surface area contributed by atoms with Gasteiger partial charge in [-0.05, 0) is 51.4 Å². The highest BCUT2D eigenvalue weighted by Crippen LogP contribution is 2.46. The van der Waals surface area contributed by atoms with Gasteiger partial charge >= 0.3 is 0 Å². The maximum Gasteiger partial charge on any atom is 0.113 e. The van der Waals surface area contributed by atoms with E-state index in [4.69, 9.17) is 4.98 Å². The van der Waals surface area contributed by atoms with Crippen LogP contribution >= 0.6 is 11.3 Å². The molecular weight excluding hydrogens is 216 g/mol.